The van der Waals surface area contributed by atoms with Crippen LogP contribution in [0.4, 0.5) is 5.69 Å². The highest BCUT2D eigenvalue weighted by molar-refractivity contribution is 7.10. The molecule has 1 N–H and O–H groups in total. The number of hydrogen-bond acceptors (Lipinski definition) is 3. The van der Waals surface area contributed by atoms with Gasteiger partial charge in [0.15, 0.2) is 6.23 Å². The number of hydrogen-bond donors (Lipinski definition) is 1. The van der Waals surface area contributed by atoms with E-state index in [1.165, 1.54) is 23.5 Å². The van der Waals surface area contributed by atoms with E-state index in [2.05, 4.69) is 0 Å². The zero-order valence-corrected chi connectivity index (χ0v) is 12.4. The SMILES string of the molecule is C#CC(=O)N(c1ccc(Cl)cc1Cl)C(O)c1cccs1. The lowest BCUT2D eigenvalue weighted by Crippen LogP contribution is -2.33. The first-order chi connectivity index (χ1) is 9.54. The van der Waals surface area contributed by atoms with Gasteiger partial charge >= 0.3 is 5.91 Å². The van der Waals surface area contributed by atoms with E-state index in [9.17, 15) is 9.90 Å². The molecule has 1 heterocycles. The van der Waals surface area contributed by atoms with E-state index in [4.69, 9.17) is 29.6 Å². The molecule has 0 bridgehead atoms. The molecule has 0 aliphatic carbocycles. The Labute approximate surface area is 130 Å². The van der Waals surface area contributed by atoms with Gasteiger partial charge in [-0.05, 0) is 35.6 Å². The summed E-state index contributed by atoms with van der Waals surface area (Å²) in [5.41, 5.74) is 0.305. The lowest BCUT2D eigenvalue weighted by Gasteiger charge is -2.26. The van der Waals surface area contributed by atoms with E-state index >= 15 is 0 Å². The predicted octanol–water partition coefficient (Wildman–Crippen LogP) is 3.71. The standard InChI is InChI=1S/C14H9Cl2NO2S/c1-2-13(18)17(14(19)12-4-3-7-20-12)11-6-5-9(15)8-10(11)16/h1,3-8,14,19H. The van der Waals surface area contributed by atoms with Crippen molar-refractivity contribution in [3.8, 4) is 12.3 Å². The summed E-state index contributed by atoms with van der Waals surface area (Å²) in [6.45, 7) is 0. The number of carbonyl (C=O) groups is 1. The first-order valence-electron chi connectivity index (χ1n) is 5.51. The molecule has 0 aliphatic heterocycles. The summed E-state index contributed by atoms with van der Waals surface area (Å²) in [5.74, 6) is 1.30. The van der Waals surface area contributed by atoms with Gasteiger partial charge in [-0.1, -0.05) is 29.3 Å². The molecular formula is C14H9Cl2NO2S. The van der Waals surface area contributed by atoms with Gasteiger partial charge in [-0.2, -0.15) is 0 Å². The summed E-state index contributed by atoms with van der Waals surface area (Å²) in [5, 5.41) is 12.8. The van der Waals surface area contributed by atoms with Crippen LogP contribution in [0.5, 0.6) is 0 Å². The molecule has 3 nitrogen and oxygen atoms in total. The van der Waals surface area contributed by atoms with Crippen molar-refractivity contribution in [3.05, 3.63) is 50.6 Å². The van der Waals surface area contributed by atoms with Crippen molar-refractivity contribution in [1.82, 2.24) is 0 Å². The van der Waals surface area contributed by atoms with Gasteiger partial charge in [0.2, 0.25) is 0 Å². The predicted molar refractivity (Wildman–Crippen MR) is 82.1 cm³/mol. The molecule has 20 heavy (non-hydrogen) atoms. The maximum absolute atomic E-state index is 11.9. The third-order valence-corrected chi connectivity index (χ3v) is 4.00. The molecule has 1 atom stereocenters. The molecule has 0 saturated heterocycles. The number of halogens is 2. The van der Waals surface area contributed by atoms with Gasteiger partial charge in [-0.15, -0.1) is 17.8 Å². The van der Waals surface area contributed by atoms with Gasteiger partial charge in [0, 0.05) is 5.02 Å². The van der Waals surface area contributed by atoms with Crippen molar-refractivity contribution in [1.29, 1.82) is 0 Å². The largest absolute Gasteiger partial charge is 0.368 e. The molecule has 0 saturated carbocycles. The molecule has 1 aromatic carbocycles. The summed E-state index contributed by atoms with van der Waals surface area (Å²) in [6, 6.07) is 8.06. The zero-order chi connectivity index (χ0) is 14.7. The lowest BCUT2D eigenvalue weighted by atomic mass is 10.2. The van der Waals surface area contributed by atoms with E-state index in [0.29, 0.717) is 15.6 Å². The molecule has 2 aromatic rings. The number of aliphatic hydroxyl groups is 1. The van der Waals surface area contributed by atoms with Crippen molar-refractivity contribution in [2.24, 2.45) is 0 Å². The Balaban J connectivity index is 2.48. The molecule has 1 amide bonds. The molecule has 6 heteroatoms. The number of anilines is 1. The van der Waals surface area contributed by atoms with Crippen LogP contribution in [0.1, 0.15) is 11.1 Å². The molecule has 0 spiro atoms. The topological polar surface area (TPSA) is 40.5 Å². The van der Waals surface area contributed by atoms with Crippen LogP contribution in [0, 0.1) is 12.3 Å². The van der Waals surface area contributed by atoms with E-state index < -0.39 is 12.1 Å². The Morgan fingerprint density at radius 1 is 1.40 bits per heavy atom. The van der Waals surface area contributed by atoms with Crippen LogP contribution in [0.3, 0.4) is 0 Å². The molecule has 1 aromatic heterocycles. The number of thiophene rings is 1. The summed E-state index contributed by atoms with van der Waals surface area (Å²) in [7, 11) is 0. The highest BCUT2D eigenvalue weighted by atomic mass is 35.5. The highest BCUT2D eigenvalue weighted by Gasteiger charge is 2.26. The number of benzene rings is 1. The normalized spacial score (nSPS) is 11.7. The quantitative estimate of drug-likeness (QED) is 0.690. The van der Waals surface area contributed by atoms with E-state index in [1.54, 1.807) is 23.6 Å². The molecule has 0 fully saturated rings. The third-order valence-electron chi connectivity index (χ3n) is 2.55. The molecule has 2 rings (SSSR count). The van der Waals surface area contributed by atoms with Crippen molar-refractivity contribution in [2.45, 2.75) is 6.23 Å². The summed E-state index contributed by atoms with van der Waals surface area (Å²) in [6.07, 6.45) is 3.97. The second kappa shape index (κ2) is 6.29. The van der Waals surface area contributed by atoms with Crippen molar-refractivity contribution < 1.29 is 9.90 Å². The summed E-state index contributed by atoms with van der Waals surface area (Å²) < 4.78 is 0. The maximum Gasteiger partial charge on any atom is 0.305 e. The van der Waals surface area contributed by atoms with Crippen LogP contribution in [-0.4, -0.2) is 11.0 Å². The number of terminal acetylenes is 1. The minimum absolute atomic E-state index is 0.233. The van der Waals surface area contributed by atoms with Crippen LogP contribution < -0.4 is 4.90 Å². The van der Waals surface area contributed by atoms with Gasteiger partial charge in [-0.3, -0.25) is 9.69 Å². The smallest absolute Gasteiger partial charge is 0.305 e. The third kappa shape index (κ3) is 2.97. The zero-order valence-electron chi connectivity index (χ0n) is 10.1. The van der Waals surface area contributed by atoms with Crippen LogP contribution in [0.2, 0.25) is 10.0 Å². The Morgan fingerprint density at radius 2 is 2.15 bits per heavy atom. The number of nitrogens with zero attached hydrogens (tertiary/aromatic N) is 1. The van der Waals surface area contributed by atoms with Crippen LogP contribution in [0.25, 0.3) is 0 Å². The first kappa shape index (κ1) is 14.9. The number of amides is 1. The second-order valence-corrected chi connectivity index (χ2v) is 5.63. The summed E-state index contributed by atoms with van der Waals surface area (Å²) >= 11 is 13.2. The molecule has 0 radical (unpaired) electrons. The fourth-order valence-electron chi connectivity index (χ4n) is 1.66. The molecule has 0 aliphatic rings. The lowest BCUT2D eigenvalue weighted by molar-refractivity contribution is -0.115. The Kier molecular flexibility index (Phi) is 4.69. The molecular weight excluding hydrogens is 317 g/mol. The van der Waals surface area contributed by atoms with Gasteiger partial charge in [0.25, 0.3) is 0 Å². The second-order valence-electron chi connectivity index (χ2n) is 3.80. The van der Waals surface area contributed by atoms with E-state index in [-0.39, 0.29) is 5.02 Å². The average molecular weight is 326 g/mol. The van der Waals surface area contributed by atoms with Crippen LogP contribution in [-0.2, 0) is 4.79 Å². The van der Waals surface area contributed by atoms with E-state index in [1.807, 2.05) is 5.92 Å². The minimum Gasteiger partial charge on any atom is -0.368 e. The monoisotopic (exact) mass is 325 g/mol. The van der Waals surface area contributed by atoms with Gasteiger partial charge in [-0.25, -0.2) is 0 Å². The molecule has 1 unspecified atom stereocenters. The Bertz CT molecular complexity index is 664. The Morgan fingerprint density at radius 3 is 2.70 bits per heavy atom. The highest BCUT2D eigenvalue weighted by Crippen LogP contribution is 2.34. The number of aliphatic hydroxyl groups excluding tert-OH is 1. The van der Waals surface area contributed by atoms with Crippen LogP contribution in [0.15, 0.2) is 35.7 Å². The van der Waals surface area contributed by atoms with E-state index in [0.717, 1.165) is 4.90 Å². The maximum atomic E-state index is 11.9. The summed E-state index contributed by atoms with van der Waals surface area (Å²) in [4.78, 5) is 13.6. The fraction of sp³-hybridized carbons (Fsp3) is 0.0714. The van der Waals surface area contributed by atoms with Gasteiger partial charge in [0.05, 0.1) is 15.6 Å². The van der Waals surface area contributed by atoms with Gasteiger partial charge in [0.1, 0.15) is 0 Å². The first-order valence-corrected chi connectivity index (χ1v) is 7.14. The fourth-order valence-corrected chi connectivity index (χ4v) is 2.86. The van der Waals surface area contributed by atoms with Gasteiger partial charge < -0.3 is 5.11 Å². The Hall–Kier alpha value is -1.51. The number of rotatable bonds is 3. The van der Waals surface area contributed by atoms with Crippen molar-refractivity contribution >= 4 is 46.1 Å². The molecule has 102 valence electrons. The minimum atomic E-state index is -1.20. The number of carbonyl (C=O) groups excluding carboxylic acids is 1. The van der Waals surface area contributed by atoms with Crippen LogP contribution >= 0.6 is 34.5 Å². The average Bonchev–Trinajstić information content (AvgIpc) is 2.95. The van der Waals surface area contributed by atoms with Crippen molar-refractivity contribution in [3.63, 3.8) is 0 Å². The van der Waals surface area contributed by atoms with Crippen molar-refractivity contribution in [2.75, 3.05) is 4.90 Å².